The average Bonchev–Trinajstić information content (AvgIpc) is 2.96. The van der Waals surface area contributed by atoms with Gasteiger partial charge in [-0.25, -0.2) is 0 Å². The third-order valence-corrected chi connectivity index (χ3v) is 7.12. The molecule has 8 nitrogen and oxygen atoms in total. The molecule has 30 heavy (non-hydrogen) atoms. The first-order chi connectivity index (χ1) is 14.5. The summed E-state index contributed by atoms with van der Waals surface area (Å²) < 4.78 is 0. The summed E-state index contributed by atoms with van der Waals surface area (Å²) >= 11 is 0. The quantitative estimate of drug-likeness (QED) is 0.636. The zero-order valence-corrected chi connectivity index (χ0v) is 16.8. The molecule has 0 radical (unpaired) electrons. The summed E-state index contributed by atoms with van der Waals surface area (Å²) in [7, 11) is 0. The number of fused-ring (bicyclic) bond motifs is 1. The van der Waals surface area contributed by atoms with E-state index < -0.39 is 23.8 Å². The lowest BCUT2D eigenvalue weighted by Crippen LogP contribution is -2.66. The Morgan fingerprint density at radius 1 is 1.03 bits per heavy atom. The smallest absolute Gasteiger partial charge is 0.262 e. The molecule has 1 aromatic carbocycles. The number of carbonyl (C=O) groups is 4. The Bertz CT molecular complexity index is 939. The summed E-state index contributed by atoms with van der Waals surface area (Å²) in [6, 6.07) is 4.79. The highest BCUT2D eigenvalue weighted by Crippen LogP contribution is 2.38. The zero-order chi connectivity index (χ0) is 20.9. The normalized spacial score (nSPS) is 27.8. The number of imide groups is 2. The SMILES string of the molecule is O=C1CCC(N2C(=O)c3ccc(CNC4CCCNC45CCC5)cc3C2=O)C(=O)N1. The maximum atomic E-state index is 13.0. The number of nitrogens with one attached hydrogen (secondary N) is 3. The van der Waals surface area contributed by atoms with Gasteiger partial charge in [0.05, 0.1) is 11.1 Å². The molecule has 0 aromatic heterocycles. The standard InChI is InChI=1S/C22H26N4O4/c27-18-7-6-16(19(28)25-18)26-20(29)14-5-4-13(11-15(14)21(26)30)12-23-17-3-1-10-24-22(17)8-2-9-22/h4-5,11,16-17,23-24H,1-3,6-10,12H2,(H,25,27,28). The van der Waals surface area contributed by atoms with Crippen LogP contribution >= 0.6 is 0 Å². The van der Waals surface area contributed by atoms with Crippen LogP contribution in [0, 0.1) is 0 Å². The molecule has 3 aliphatic heterocycles. The van der Waals surface area contributed by atoms with Crippen molar-refractivity contribution in [2.45, 2.75) is 69.1 Å². The van der Waals surface area contributed by atoms with E-state index in [9.17, 15) is 19.2 Å². The van der Waals surface area contributed by atoms with Gasteiger partial charge in [0.2, 0.25) is 11.8 Å². The van der Waals surface area contributed by atoms with E-state index in [4.69, 9.17) is 0 Å². The minimum atomic E-state index is -0.927. The molecule has 1 spiro atoms. The molecule has 5 rings (SSSR count). The van der Waals surface area contributed by atoms with Gasteiger partial charge in [-0.05, 0) is 62.8 Å². The monoisotopic (exact) mass is 410 g/mol. The molecule has 3 N–H and O–H groups in total. The fourth-order valence-corrected chi connectivity index (χ4v) is 5.29. The van der Waals surface area contributed by atoms with Crippen molar-refractivity contribution in [3.8, 4) is 0 Å². The molecule has 1 aromatic rings. The Morgan fingerprint density at radius 2 is 1.83 bits per heavy atom. The van der Waals surface area contributed by atoms with Gasteiger partial charge in [0, 0.05) is 24.5 Å². The zero-order valence-electron chi connectivity index (χ0n) is 16.8. The van der Waals surface area contributed by atoms with E-state index in [2.05, 4.69) is 16.0 Å². The molecular weight excluding hydrogens is 384 g/mol. The minimum Gasteiger partial charge on any atom is -0.310 e. The van der Waals surface area contributed by atoms with Crippen LogP contribution in [0.15, 0.2) is 18.2 Å². The fourth-order valence-electron chi connectivity index (χ4n) is 5.29. The molecule has 158 valence electrons. The van der Waals surface area contributed by atoms with Gasteiger partial charge in [0.1, 0.15) is 6.04 Å². The molecule has 8 heteroatoms. The highest BCUT2D eigenvalue weighted by molar-refractivity contribution is 6.23. The Hall–Kier alpha value is -2.58. The van der Waals surface area contributed by atoms with Crippen LogP contribution in [0.25, 0.3) is 0 Å². The van der Waals surface area contributed by atoms with E-state index in [1.54, 1.807) is 12.1 Å². The predicted molar refractivity (Wildman–Crippen MR) is 108 cm³/mol. The highest BCUT2D eigenvalue weighted by atomic mass is 16.2. The van der Waals surface area contributed by atoms with E-state index in [1.807, 2.05) is 6.07 Å². The summed E-state index contributed by atoms with van der Waals surface area (Å²) in [6.07, 6.45) is 6.23. The van der Waals surface area contributed by atoms with Crippen LogP contribution < -0.4 is 16.0 Å². The van der Waals surface area contributed by atoms with Gasteiger partial charge in [-0.3, -0.25) is 29.4 Å². The number of hydrogen-bond acceptors (Lipinski definition) is 6. The highest BCUT2D eigenvalue weighted by Gasteiger charge is 2.46. The van der Waals surface area contributed by atoms with E-state index in [0.717, 1.165) is 29.8 Å². The van der Waals surface area contributed by atoms with Gasteiger partial charge in [-0.2, -0.15) is 0 Å². The lowest BCUT2D eigenvalue weighted by Gasteiger charge is -2.51. The van der Waals surface area contributed by atoms with Gasteiger partial charge in [0.25, 0.3) is 11.8 Å². The summed E-state index contributed by atoms with van der Waals surface area (Å²) in [4.78, 5) is 50.4. The second kappa shape index (κ2) is 7.28. The topological polar surface area (TPSA) is 108 Å². The molecule has 4 aliphatic rings. The van der Waals surface area contributed by atoms with E-state index in [-0.39, 0.29) is 24.3 Å². The van der Waals surface area contributed by atoms with Crippen LogP contribution in [0.5, 0.6) is 0 Å². The first kappa shape index (κ1) is 19.4. The van der Waals surface area contributed by atoms with Gasteiger partial charge in [0.15, 0.2) is 0 Å². The van der Waals surface area contributed by atoms with Crippen molar-refractivity contribution in [1.82, 2.24) is 20.9 Å². The molecule has 0 bridgehead atoms. The van der Waals surface area contributed by atoms with E-state index >= 15 is 0 Å². The van der Waals surface area contributed by atoms with Crippen molar-refractivity contribution in [3.05, 3.63) is 34.9 Å². The predicted octanol–water partition coefficient (Wildman–Crippen LogP) is 0.852. The summed E-state index contributed by atoms with van der Waals surface area (Å²) in [5, 5.41) is 9.57. The number of hydrogen-bond donors (Lipinski definition) is 3. The fraction of sp³-hybridized carbons (Fsp3) is 0.545. The van der Waals surface area contributed by atoms with Gasteiger partial charge in [-0.15, -0.1) is 0 Å². The molecule has 2 atom stereocenters. The molecule has 1 aliphatic carbocycles. The van der Waals surface area contributed by atoms with E-state index in [1.165, 1.54) is 19.3 Å². The third-order valence-electron chi connectivity index (χ3n) is 7.12. The molecule has 3 fully saturated rings. The number of carbonyl (C=O) groups excluding carboxylic acids is 4. The Morgan fingerprint density at radius 3 is 2.57 bits per heavy atom. The van der Waals surface area contributed by atoms with Crippen molar-refractivity contribution in [3.63, 3.8) is 0 Å². The number of benzene rings is 1. The summed E-state index contributed by atoms with van der Waals surface area (Å²) in [5.41, 5.74) is 1.82. The molecule has 2 saturated heterocycles. The maximum absolute atomic E-state index is 13.0. The number of rotatable bonds is 4. The van der Waals surface area contributed by atoms with Gasteiger partial charge < -0.3 is 10.6 Å². The molecular formula is C22H26N4O4. The largest absolute Gasteiger partial charge is 0.310 e. The van der Waals surface area contributed by atoms with Crippen molar-refractivity contribution >= 4 is 23.6 Å². The van der Waals surface area contributed by atoms with Gasteiger partial charge >= 0.3 is 0 Å². The minimum absolute atomic E-state index is 0.121. The summed E-state index contributed by atoms with van der Waals surface area (Å²) in [6.45, 7) is 1.70. The van der Waals surface area contributed by atoms with Crippen LogP contribution in [0.3, 0.4) is 0 Å². The van der Waals surface area contributed by atoms with Crippen molar-refractivity contribution < 1.29 is 19.2 Å². The molecule has 1 saturated carbocycles. The Kier molecular flexibility index (Phi) is 4.71. The van der Waals surface area contributed by atoms with Crippen LogP contribution in [-0.4, -0.2) is 52.7 Å². The maximum Gasteiger partial charge on any atom is 0.262 e. The van der Waals surface area contributed by atoms with Crippen molar-refractivity contribution in [2.75, 3.05) is 6.54 Å². The van der Waals surface area contributed by atoms with Crippen LogP contribution in [0.4, 0.5) is 0 Å². The lowest BCUT2D eigenvalue weighted by atomic mass is 9.68. The number of amides is 4. The first-order valence-electron chi connectivity index (χ1n) is 10.8. The van der Waals surface area contributed by atoms with Crippen molar-refractivity contribution in [2.24, 2.45) is 0 Å². The van der Waals surface area contributed by atoms with Crippen molar-refractivity contribution in [1.29, 1.82) is 0 Å². The van der Waals surface area contributed by atoms with Crippen LogP contribution in [0.2, 0.25) is 0 Å². The second-order valence-corrected chi connectivity index (χ2v) is 8.84. The van der Waals surface area contributed by atoms with Gasteiger partial charge in [-0.1, -0.05) is 6.07 Å². The first-order valence-corrected chi connectivity index (χ1v) is 10.8. The van der Waals surface area contributed by atoms with E-state index in [0.29, 0.717) is 23.7 Å². The number of nitrogens with zero attached hydrogens (tertiary/aromatic N) is 1. The lowest BCUT2D eigenvalue weighted by molar-refractivity contribution is -0.136. The molecule has 4 amide bonds. The summed E-state index contributed by atoms with van der Waals surface area (Å²) in [5.74, 6) is -1.88. The molecule has 3 heterocycles. The van der Waals surface area contributed by atoms with Crippen LogP contribution in [0.1, 0.15) is 71.2 Å². The number of piperidine rings is 2. The Labute approximate surface area is 174 Å². The second-order valence-electron chi connectivity index (χ2n) is 8.84. The van der Waals surface area contributed by atoms with Crippen LogP contribution in [-0.2, 0) is 16.1 Å². The molecule has 2 unspecified atom stereocenters. The average molecular weight is 410 g/mol. The third kappa shape index (κ3) is 3.06. The Balaban J connectivity index is 1.31.